The molecule has 9 nitrogen and oxygen atoms in total. The third kappa shape index (κ3) is 4.88. The van der Waals surface area contributed by atoms with Crippen LogP contribution in [0.2, 0.25) is 5.02 Å². The average Bonchev–Trinajstić information content (AvgIpc) is 3.49. The van der Waals surface area contributed by atoms with Crippen LogP contribution >= 0.6 is 11.6 Å². The van der Waals surface area contributed by atoms with E-state index in [1.807, 2.05) is 69.3 Å². The molecule has 0 spiro atoms. The van der Waals surface area contributed by atoms with E-state index in [1.54, 1.807) is 36.4 Å². The van der Waals surface area contributed by atoms with E-state index >= 15 is 4.79 Å². The fourth-order valence-electron chi connectivity index (χ4n) is 8.87. The third-order valence-corrected chi connectivity index (χ3v) is 11.1. The van der Waals surface area contributed by atoms with Gasteiger partial charge in [0.2, 0.25) is 29.4 Å². The van der Waals surface area contributed by atoms with Gasteiger partial charge in [0, 0.05) is 16.5 Å². The molecule has 10 heteroatoms. The lowest BCUT2D eigenvalue weighted by Gasteiger charge is -2.49. The van der Waals surface area contributed by atoms with Gasteiger partial charge < -0.3 is 14.6 Å². The molecule has 258 valence electrons. The van der Waals surface area contributed by atoms with Gasteiger partial charge in [0.15, 0.2) is 11.5 Å². The molecule has 4 aliphatic rings. The van der Waals surface area contributed by atoms with Crippen LogP contribution in [0.25, 0.3) is 6.08 Å². The third-order valence-electron chi connectivity index (χ3n) is 10.9. The number of phenolic OH excluding ortho intramolecular Hbond substituents is 1. The van der Waals surface area contributed by atoms with Gasteiger partial charge in [0.25, 0.3) is 0 Å². The summed E-state index contributed by atoms with van der Waals surface area (Å²) in [5.74, 6) is -4.16. The molecule has 0 aromatic heterocycles. The second-order valence-electron chi connectivity index (χ2n) is 14.5. The first-order valence-electron chi connectivity index (χ1n) is 16.7. The standard InChI is InChI=1S/C40H39ClN2O7/c1-39(2,3)43-35(45)27-16-15-26-28(33(27)37(43)47)21-30-36(46)42(25-13-9-12-24(41)20-25)38(48)40(30,23-10-7-6-8-11-23)29(26)17-14-22-18-31(49-4)34(44)32(19-22)50-5/h6-15,17-20,27-30,33,44H,16,21H2,1-5H3. The fourth-order valence-corrected chi connectivity index (χ4v) is 9.05. The van der Waals surface area contributed by atoms with Crippen molar-refractivity contribution >= 4 is 47.0 Å². The zero-order chi connectivity index (χ0) is 35.7. The van der Waals surface area contributed by atoms with Crippen LogP contribution in [-0.4, -0.2) is 53.4 Å². The zero-order valence-corrected chi connectivity index (χ0v) is 29.3. The normalized spacial score (nSPS) is 27.7. The van der Waals surface area contributed by atoms with Crippen molar-refractivity contribution in [1.82, 2.24) is 4.90 Å². The van der Waals surface area contributed by atoms with Crippen LogP contribution in [-0.2, 0) is 24.6 Å². The summed E-state index contributed by atoms with van der Waals surface area (Å²) in [5.41, 5.74) is 0.428. The molecule has 1 N–H and O–H groups in total. The van der Waals surface area contributed by atoms with Crippen molar-refractivity contribution in [1.29, 1.82) is 0 Å². The number of likely N-dealkylation sites (tertiary alicyclic amines) is 1. The Bertz CT molecular complexity index is 1960. The maximum absolute atomic E-state index is 15.3. The molecule has 3 fully saturated rings. The van der Waals surface area contributed by atoms with Crippen molar-refractivity contribution in [2.45, 2.75) is 44.6 Å². The largest absolute Gasteiger partial charge is 0.502 e. The van der Waals surface area contributed by atoms with Crippen molar-refractivity contribution in [2.75, 3.05) is 19.1 Å². The lowest BCUT2D eigenvalue weighted by atomic mass is 9.50. The molecule has 7 rings (SSSR count). The van der Waals surface area contributed by atoms with Gasteiger partial charge in [-0.1, -0.05) is 71.8 Å². The minimum atomic E-state index is -1.38. The molecule has 50 heavy (non-hydrogen) atoms. The molecule has 1 saturated carbocycles. The molecule has 6 unspecified atom stereocenters. The highest BCUT2D eigenvalue weighted by atomic mass is 35.5. The number of phenols is 1. The quantitative estimate of drug-likeness (QED) is 0.229. The Labute approximate surface area is 296 Å². The molecule has 0 radical (unpaired) electrons. The number of carbonyl (C=O) groups is 4. The van der Waals surface area contributed by atoms with Crippen molar-refractivity contribution in [2.24, 2.45) is 29.6 Å². The van der Waals surface area contributed by atoms with Gasteiger partial charge >= 0.3 is 0 Å². The summed E-state index contributed by atoms with van der Waals surface area (Å²) in [5, 5.41) is 11.0. The summed E-state index contributed by atoms with van der Waals surface area (Å²) in [6.45, 7) is 5.55. The smallest absolute Gasteiger partial charge is 0.246 e. The Morgan fingerprint density at radius 1 is 0.880 bits per heavy atom. The van der Waals surface area contributed by atoms with E-state index in [0.29, 0.717) is 28.3 Å². The Morgan fingerprint density at radius 2 is 1.56 bits per heavy atom. The number of allylic oxidation sites excluding steroid dienone is 3. The van der Waals surface area contributed by atoms with E-state index in [-0.39, 0.29) is 47.3 Å². The number of rotatable bonds is 6. The zero-order valence-electron chi connectivity index (χ0n) is 28.6. The van der Waals surface area contributed by atoms with Crippen LogP contribution in [0, 0.1) is 29.6 Å². The van der Waals surface area contributed by atoms with Crippen LogP contribution in [0.1, 0.15) is 44.7 Å². The Kier molecular flexibility index (Phi) is 8.17. The minimum absolute atomic E-state index is 0.145. The number of methoxy groups -OCH3 is 2. The van der Waals surface area contributed by atoms with Gasteiger partial charge in [-0.3, -0.25) is 24.1 Å². The van der Waals surface area contributed by atoms with E-state index in [2.05, 4.69) is 0 Å². The number of aromatic hydroxyl groups is 1. The number of benzene rings is 3. The van der Waals surface area contributed by atoms with E-state index in [4.69, 9.17) is 21.1 Å². The van der Waals surface area contributed by atoms with Gasteiger partial charge in [-0.15, -0.1) is 0 Å². The maximum atomic E-state index is 15.3. The first-order valence-corrected chi connectivity index (χ1v) is 17.1. The van der Waals surface area contributed by atoms with Crippen LogP contribution in [0.3, 0.4) is 0 Å². The summed E-state index contributed by atoms with van der Waals surface area (Å²) >= 11 is 6.39. The molecule has 4 amide bonds. The number of nitrogens with zero attached hydrogens (tertiary/aromatic N) is 2. The molecule has 2 aliphatic carbocycles. The highest BCUT2D eigenvalue weighted by Gasteiger charge is 2.69. The first-order chi connectivity index (χ1) is 23.8. The highest BCUT2D eigenvalue weighted by molar-refractivity contribution is 6.32. The monoisotopic (exact) mass is 694 g/mol. The van der Waals surface area contributed by atoms with Gasteiger partial charge in [-0.2, -0.15) is 0 Å². The predicted octanol–water partition coefficient (Wildman–Crippen LogP) is 6.57. The topological polar surface area (TPSA) is 113 Å². The average molecular weight is 695 g/mol. The summed E-state index contributed by atoms with van der Waals surface area (Å²) in [7, 11) is 2.89. The highest BCUT2D eigenvalue weighted by Crippen LogP contribution is 2.62. The number of halogens is 1. The van der Waals surface area contributed by atoms with Crippen LogP contribution < -0.4 is 14.4 Å². The van der Waals surface area contributed by atoms with Crippen molar-refractivity contribution in [3.05, 3.63) is 101 Å². The molecule has 3 aromatic rings. The number of hydrogen-bond donors (Lipinski definition) is 1. The second kappa shape index (κ2) is 12.2. The summed E-state index contributed by atoms with van der Waals surface area (Å²) in [4.78, 5) is 60.7. The predicted molar refractivity (Wildman–Crippen MR) is 189 cm³/mol. The number of carbonyl (C=O) groups excluding carboxylic acids is 4. The lowest BCUT2D eigenvalue weighted by molar-refractivity contribution is -0.145. The number of anilines is 1. The molecule has 2 aliphatic heterocycles. The molecule has 0 bridgehead atoms. The Hall–Kier alpha value is -4.89. The van der Waals surface area contributed by atoms with Crippen molar-refractivity contribution < 1.29 is 33.8 Å². The molecular weight excluding hydrogens is 656 g/mol. The van der Waals surface area contributed by atoms with Crippen LogP contribution in [0.5, 0.6) is 17.2 Å². The van der Waals surface area contributed by atoms with Gasteiger partial charge in [-0.05, 0) is 81.0 Å². The van der Waals surface area contributed by atoms with E-state index in [0.717, 1.165) is 5.57 Å². The second-order valence-corrected chi connectivity index (χ2v) is 14.9. The molecule has 3 aromatic carbocycles. The maximum Gasteiger partial charge on any atom is 0.246 e. The fraction of sp³-hybridized carbons (Fsp3) is 0.350. The summed E-state index contributed by atoms with van der Waals surface area (Å²) in [6.07, 6.45) is 6.32. The Morgan fingerprint density at radius 3 is 2.18 bits per heavy atom. The van der Waals surface area contributed by atoms with Gasteiger partial charge in [0.1, 0.15) is 0 Å². The number of imide groups is 2. The summed E-state index contributed by atoms with van der Waals surface area (Å²) < 4.78 is 10.8. The minimum Gasteiger partial charge on any atom is -0.502 e. The van der Waals surface area contributed by atoms with E-state index in [9.17, 15) is 19.5 Å². The molecule has 2 saturated heterocycles. The molecule has 6 atom stereocenters. The molecular formula is C40H39ClN2O7. The first kappa shape index (κ1) is 33.6. The van der Waals surface area contributed by atoms with Crippen LogP contribution in [0.4, 0.5) is 5.69 Å². The van der Waals surface area contributed by atoms with Crippen molar-refractivity contribution in [3.8, 4) is 17.2 Å². The number of ether oxygens (including phenoxy) is 2. The van der Waals surface area contributed by atoms with E-state index < -0.39 is 40.5 Å². The number of fused-ring (bicyclic) bond motifs is 4. The van der Waals surface area contributed by atoms with Gasteiger partial charge in [-0.25, -0.2) is 4.90 Å². The number of hydrogen-bond acceptors (Lipinski definition) is 7. The number of amides is 4. The SMILES string of the molecule is COc1cc(C=CC2C3=CCC4C(=O)N(C(C)(C)C)C(=O)C4C3CC3C(=O)N(c4cccc(Cl)c4)C(=O)C23c2ccccc2)cc(OC)c1O. The summed E-state index contributed by atoms with van der Waals surface area (Å²) in [6, 6.07) is 19.3. The van der Waals surface area contributed by atoms with E-state index in [1.165, 1.54) is 24.0 Å². The molecule has 2 heterocycles. The van der Waals surface area contributed by atoms with Crippen LogP contribution in [0.15, 0.2) is 84.5 Å². The lowest BCUT2D eigenvalue weighted by Crippen LogP contribution is -2.54. The van der Waals surface area contributed by atoms with Gasteiger partial charge in [0.05, 0.1) is 43.1 Å². The Balaban J connectivity index is 1.46. The van der Waals surface area contributed by atoms with Crippen molar-refractivity contribution in [3.63, 3.8) is 0 Å².